The number of imide groups is 1. The molecule has 0 saturated heterocycles. The van der Waals surface area contributed by atoms with Gasteiger partial charge in [0.15, 0.2) is 5.96 Å². The number of carboxylic acid groups (broad SMARTS) is 1. The van der Waals surface area contributed by atoms with E-state index in [-0.39, 0.29) is 16.8 Å². The molecular formula is C19H19F3N6O5. The number of urea groups is 1. The first-order chi connectivity index (χ1) is 15.4. The summed E-state index contributed by atoms with van der Waals surface area (Å²) in [5, 5.41) is 20.8. The quantitative estimate of drug-likeness (QED) is 0.175. The smallest absolute Gasteiger partial charge is 0.481 e. The van der Waals surface area contributed by atoms with Crippen LogP contribution in [-0.4, -0.2) is 35.3 Å². The summed E-state index contributed by atoms with van der Waals surface area (Å²) in [4.78, 5) is 35.6. The minimum absolute atomic E-state index is 0.00480. The Morgan fingerprint density at radius 1 is 1.09 bits per heavy atom. The number of hydrogen-bond donors (Lipinski definition) is 7. The SMILES string of the molecule is N=C(N)Nc1ccccc1C(=O)NC(=O)NNC(CC(=O)O)c1ccc(OC(F)(F)F)cc1. The summed E-state index contributed by atoms with van der Waals surface area (Å²) >= 11 is 0. The van der Waals surface area contributed by atoms with E-state index < -0.39 is 48.4 Å². The molecule has 1 atom stereocenters. The topological polar surface area (TPSA) is 179 Å². The first-order valence-corrected chi connectivity index (χ1v) is 9.09. The van der Waals surface area contributed by atoms with Crippen LogP contribution in [0.5, 0.6) is 5.75 Å². The molecule has 3 amide bonds. The van der Waals surface area contributed by atoms with Crippen molar-refractivity contribution < 1.29 is 37.4 Å². The molecule has 0 saturated carbocycles. The summed E-state index contributed by atoms with van der Waals surface area (Å²) in [6.07, 6.45) is -5.43. The van der Waals surface area contributed by atoms with Crippen LogP contribution in [0.4, 0.5) is 23.7 Å². The van der Waals surface area contributed by atoms with E-state index in [1.165, 1.54) is 30.3 Å². The fourth-order valence-electron chi connectivity index (χ4n) is 2.62. The summed E-state index contributed by atoms with van der Waals surface area (Å²) in [6, 6.07) is 8.20. The summed E-state index contributed by atoms with van der Waals surface area (Å²) in [7, 11) is 0. The summed E-state index contributed by atoms with van der Waals surface area (Å²) in [5.74, 6) is -3.04. The van der Waals surface area contributed by atoms with Crippen molar-refractivity contribution in [2.24, 2.45) is 5.73 Å². The second-order valence-corrected chi connectivity index (χ2v) is 6.40. The molecule has 14 heteroatoms. The van der Waals surface area contributed by atoms with Crippen LogP contribution in [0.3, 0.4) is 0 Å². The minimum Gasteiger partial charge on any atom is -0.481 e. The number of para-hydroxylation sites is 1. The molecule has 2 aromatic rings. The maximum absolute atomic E-state index is 12.4. The second kappa shape index (κ2) is 10.8. The van der Waals surface area contributed by atoms with Crippen LogP contribution >= 0.6 is 0 Å². The predicted octanol–water partition coefficient (Wildman–Crippen LogP) is 2.05. The van der Waals surface area contributed by atoms with E-state index in [4.69, 9.17) is 16.2 Å². The number of nitrogens with two attached hydrogens (primary N) is 1. The number of nitrogens with one attached hydrogen (secondary N) is 5. The number of amides is 3. The zero-order valence-electron chi connectivity index (χ0n) is 16.7. The van der Waals surface area contributed by atoms with Gasteiger partial charge in [-0.3, -0.25) is 25.7 Å². The molecule has 0 bridgehead atoms. The van der Waals surface area contributed by atoms with Crippen molar-refractivity contribution in [2.75, 3.05) is 5.32 Å². The van der Waals surface area contributed by atoms with Gasteiger partial charge in [-0.05, 0) is 29.8 Å². The molecule has 11 nitrogen and oxygen atoms in total. The molecule has 1 unspecified atom stereocenters. The zero-order valence-corrected chi connectivity index (χ0v) is 16.7. The van der Waals surface area contributed by atoms with Crippen LogP contribution < -0.4 is 32.0 Å². The number of alkyl halides is 3. The van der Waals surface area contributed by atoms with E-state index in [0.717, 1.165) is 12.1 Å². The van der Waals surface area contributed by atoms with E-state index in [2.05, 4.69) is 20.9 Å². The molecule has 33 heavy (non-hydrogen) atoms. The lowest BCUT2D eigenvalue weighted by molar-refractivity contribution is -0.274. The van der Waals surface area contributed by atoms with Crippen molar-refractivity contribution in [1.82, 2.24) is 16.2 Å². The molecule has 2 aromatic carbocycles. The van der Waals surface area contributed by atoms with Gasteiger partial charge in [0.2, 0.25) is 0 Å². The molecule has 0 aliphatic heterocycles. The average molecular weight is 468 g/mol. The number of anilines is 1. The number of benzene rings is 2. The van der Waals surface area contributed by atoms with Crippen molar-refractivity contribution in [3.8, 4) is 5.75 Å². The standard InChI is InChI=1S/C19H19F3N6O5/c20-19(21,22)33-11-7-5-10(6-8-11)14(9-15(29)30)27-28-18(32)26-16(31)12-3-1-2-4-13(12)25-17(23)24/h1-8,14,27H,9H2,(H,29,30)(H4,23,24,25)(H2,26,28,31,32). The van der Waals surface area contributed by atoms with Gasteiger partial charge in [0.1, 0.15) is 5.75 Å². The average Bonchev–Trinajstić information content (AvgIpc) is 2.70. The Balaban J connectivity index is 2.03. The maximum atomic E-state index is 12.4. The van der Waals surface area contributed by atoms with E-state index >= 15 is 0 Å². The first kappa shape index (κ1) is 24.9. The van der Waals surface area contributed by atoms with Crippen LogP contribution in [0.1, 0.15) is 28.4 Å². The maximum Gasteiger partial charge on any atom is 0.573 e. The van der Waals surface area contributed by atoms with Crippen molar-refractivity contribution in [3.05, 3.63) is 59.7 Å². The van der Waals surface area contributed by atoms with Crippen LogP contribution in [0.15, 0.2) is 48.5 Å². The Morgan fingerprint density at radius 2 is 1.73 bits per heavy atom. The van der Waals surface area contributed by atoms with Crippen LogP contribution in [-0.2, 0) is 4.79 Å². The van der Waals surface area contributed by atoms with Crippen molar-refractivity contribution in [3.63, 3.8) is 0 Å². The molecule has 0 spiro atoms. The predicted molar refractivity (Wildman–Crippen MR) is 109 cm³/mol. The number of guanidine groups is 1. The molecule has 0 aromatic heterocycles. The number of carbonyl (C=O) groups is 3. The highest BCUT2D eigenvalue weighted by Crippen LogP contribution is 2.25. The Morgan fingerprint density at radius 3 is 2.30 bits per heavy atom. The van der Waals surface area contributed by atoms with Gasteiger partial charge in [-0.1, -0.05) is 24.3 Å². The van der Waals surface area contributed by atoms with Gasteiger partial charge in [-0.15, -0.1) is 13.2 Å². The van der Waals surface area contributed by atoms with E-state index in [1.54, 1.807) is 6.07 Å². The first-order valence-electron chi connectivity index (χ1n) is 9.09. The van der Waals surface area contributed by atoms with E-state index in [0.29, 0.717) is 0 Å². The molecule has 0 aliphatic carbocycles. The monoisotopic (exact) mass is 468 g/mol. The Kier molecular flexibility index (Phi) is 8.17. The molecule has 0 aliphatic rings. The number of carbonyl (C=O) groups excluding carboxylic acids is 2. The van der Waals surface area contributed by atoms with Gasteiger partial charge in [-0.25, -0.2) is 10.2 Å². The number of halogens is 3. The number of carboxylic acids is 1. The second-order valence-electron chi connectivity index (χ2n) is 6.40. The zero-order chi connectivity index (χ0) is 24.6. The van der Waals surface area contributed by atoms with E-state index in [9.17, 15) is 27.6 Å². The van der Waals surface area contributed by atoms with Gasteiger partial charge in [0.05, 0.1) is 23.7 Å². The van der Waals surface area contributed by atoms with Crippen LogP contribution in [0, 0.1) is 5.41 Å². The lowest BCUT2D eigenvalue weighted by Gasteiger charge is -2.19. The molecule has 8 N–H and O–H groups in total. The highest BCUT2D eigenvalue weighted by molar-refractivity contribution is 6.09. The molecule has 176 valence electrons. The Bertz CT molecular complexity index is 1030. The molecule has 0 heterocycles. The van der Waals surface area contributed by atoms with Gasteiger partial charge < -0.3 is 20.9 Å². The van der Waals surface area contributed by atoms with Crippen LogP contribution in [0.2, 0.25) is 0 Å². The fraction of sp³-hybridized carbons (Fsp3) is 0.158. The molecule has 2 rings (SSSR count). The third-order valence-electron chi connectivity index (χ3n) is 3.92. The van der Waals surface area contributed by atoms with Gasteiger partial charge in [0.25, 0.3) is 5.91 Å². The summed E-state index contributed by atoms with van der Waals surface area (Å²) in [6.45, 7) is 0. The highest BCUT2D eigenvalue weighted by atomic mass is 19.4. The lowest BCUT2D eigenvalue weighted by atomic mass is 10.0. The number of ether oxygens (including phenoxy) is 1. The van der Waals surface area contributed by atoms with Crippen LogP contribution in [0.25, 0.3) is 0 Å². The van der Waals surface area contributed by atoms with Crippen molar-refractivity contribution >= 4 is 29.6 Å². The number of rotatable bonds is 8. The van der Waals surface area contributed by atoms with Crippen molar-refractivity contribution in [2.45, 2.75) is 18.8 Å². The number of hydrogen-bond acceptors (Lipinski definition) is 6. The Labute approximate surface area is 184 Å². The lowest BCUT2D eigenvalue weighted by Crippen LogP contribution is -2.48. The third-order valence-corrected chi connectivity index (χ3v) is 3.92. The highest BCUT2D eigenvalue weighted by Gasteiger charge is 2.31. The number of aliphatic carboxylic acids is 1. The summed E-state index contributed by atoms with van der Waals surface area (Å²) < 4.78 is 40.6. The fourth-order valence-corrected chi connectivity index (χ4v) is 2.62. The van der Waals surface area contributed by atoms with Gasteiger partial charge in [0, 0.05) is 0 Å². The minimum atomic E-state index is -4.88. The molecule has 0 fully saturated rings. The third kappa shape index (κ3) is 8.37. The number of hydrazine groups is 1. The van der Waals surface area contributed by atoms with Gasteiger partial charge >= 0.3 is 18.4 Å². The molecular weight excluding hydrogens is 449 g/mol. The Hall–Kier alpha value is -4.33. The largest absolute Gasteiger partial charge is 0.573 e. The normalized spacial score (nSPS) is 11.7. The summed E-state index contributed by atoms with van der Waals surface area (Å²) in [5.41, 5.74) is 10.2. The van der Waals surface area contributed by atoms with Crippen molar-refractivity contribution in [1.29, 1.82) is 5.41 Å². The van der Waals surface area contributed by atoms with E-state index in [1.807, 2.05) is 5.32 Å². The molecule has 0 radical (unpaired) electrons. The van der Waals surface area contributed by atoms with Gasteiger partial charge in [-0.2, -0.15) is 0 Å².